The van der Waals surface area contributed by atoms with E-state index in [1.807, 2.05) is 23.1 Å². The van der Waals surface area contributed by atoms with Crippen molar-refractivity contribution >= 4 is 34.0 Å². The molecule has 0 spiro atoms. The molecule has 0 radical (unpaired) electrons. The fourth-order valence-electron chi connectivity index (χ4n) is 3.48. The van der Waals surface area contributed by atoms with Gasteiger partial charge in [0.2, 0.25) is 0 Å². The molecule has 3 aromatic rings. The zero-order valence-electron chi connectivity index (χ0n) is 13.6. The lowest BCUT2D eigenvalue weighted by Gasteiger charge is -2.25. The van der Waals surface area contributed by atoms with Crippen LogP contribution >= 0.6 is 11.6 Å². The summed E-state index contributed by atoms with van der Waals surface area (Å²) in [7, 11) is 0. The van der Waals surface area contributed by atoms with E-state index in [2.05, 4.69) is 9.97 Å². The first kappa shape index (κ1) is 16.4. The van der Waals surface area contributed by atoms with Gasteiger partial charge in [0.15, 0.2) is 0 Å². The van der Waals surface area contributed by atoms with Crippen LogP contribution in [-0.4, -0.2) is 21.4 Å². The van der Waals surface area contributed by atoms with Gasteiger partial charge in [-0.05, 0) is 43.2 Å². The Bertz CT molecular complexity index is 1060. The van der Waals surface area contributed by atoms with Gasteiger partial charge in [-0.3, -0.25) is 10.1 Å². The number of halogens is 1. The lowest BCUT2D eigenvalue weighted by Crippen LogP contribution is -2.24. The van der Waals surface area contributed by atoms with Crippen LogP contribution in [0.3, 0.4) is 0 Å². The zero-order chi connectivity index (χ0) is 18.3. The van der Waals surface area contributed by atoms with Crippen LogP contribution in [0.5, 0.6) is 0 Å². The van der Waals surface area contributed by atoms with Crippen molar-refractivity contribution in [3.63, 3.8) is 0 Å². The summed E-state index contributed by atoms with van der Waals surface area (Å²) in [5, 5.41) is 21.1. The molecule has 1 fully saturated rings. The molecule has 1 saturated heterocycles. The fourth-order valence-corrected chi connectivity index (χ4v) is 3.65. The van der Waals surface area contributed by atoms with Crippen molar-refractivity contribution in [3.8, 4) is 6.07 Å². The van der Waals surface area contributed by atoms with Gasteiger partial charge in [-0.15, -0.1) is 0 Å². The van der Waals surface area contributed by atoms with E-state index in [4.69, 9.17) is 16.9 Å². The second-order valence-electron chi connectivity index (χ2n) is 6.21. The number of aromatic nitrogens is 2. The second-order valence-corrected chi connectivity index (χ2v) is 6.64. The third kappa shape index (κ3) is 2.74. The predicted octanol–water partition coefficient (Wildman–Crippen LogP) is 4.34. The Hall–Kier alpha value is -3.11. The molecule has 0 aliphatic carbocycles. The van der Waals surface area contributed by atoms with E-state index in [0.717, 1.165) is 29.7 Å². The smallest absolute Gasteiger partial charge is 0.293 e. The minimum Gasteiger partial charge on any atom is -0.356 e. The summed E-state index contributed by atoms with van der Waals surface area (Å²) in [4.78, 5) is 21.0. The van der Waals surface area contributed by atoms with Crippen LogP contribution < -0.4 is 4.90 Å². The maximum atomic E-state index is 11.5. The van der Waals surface area contributed by atoms with Crippen LogP contribution in [-0.2, 0) is 0 Å². The van der Waals surface area contributed by atoms with Crippen LogP contribution in [0, 0.1) is 21.4 Å². The molecule has 8 heteroatoms. The topological polar surface area (TPSA) is 98.8 Å². The number of rotatable bonds is 3. The monoisotopic (exact) mass is 367 g/mol. The maximum Gasteiger partial charge on any atom is 0.293 e. The van der Waals surface area contributed by atoms with Gasteiger partial charge in [-0.25, -0.2) is 4.98 Å². The number of aromatic amines is 1. The number of fused-ring (bicyclic) bond motifs is 1. The molecule has 2 aromatic carbocycles. The van der Waals surface area contributed by atoms with Crippen molar-refractivity contribution in [2.75, 3.05) is 11.4 Å². The number of nitrogens with zero attached hydrogens (tertiary/aromatic N) is 4. The average molecular weight is 368 g/mol. The highest BCUT2D eigenvalue weighted by Gasteiger charge is 2.32. The molecule has 0 amide bonds. The normalized spacial score (nSPS) is 16.8. The molecule has 0 saturated carbocycles. The Labute approximate surface area is 154 Å². The van der Waals surface area contributed by atoms with Crippen molar-refractivity contribution in [2.24, 2.45) is 0 Å². The molecule has 2 heterocycles. The number of hydrogen-bond donors (Lipinski definition) is 1. The Morgan fingerprint density at radius 2 is 2.19 bits per heavy atom. The molecule has 26 heavy (non-hydrogen) atoms. The highest BCUT2D eigenvalue weighted by molar-refractivity contribution is 6.31. The average Bonchev–Trinajstić information content (AvgIpc) is 3.27. The van der Waals surface area contributed by atoms with Gasteiger partial charge in [0.25, 0.3) is 5.69 Å². The minimum atomic E-state index is -0.441. The molecule has 1 atom stereocenters. The van der Waals surface area contributed by atoms with Gasteiger partial charge in [0.1, 0.15) is 11.5 Å². The number of hydrogen-bond acceptors (Lipinski definition) is 5. The highest BCUT2D eigenvalue weighted by atomic mass is 35.5. The van der Waals surface area contributed by atoms with Crippen molar-refractivity contribution in [3.05, 3.63) is 62.9 Å². The van der Waals surface area contributed by atoms with Gasteiger partial charge in [0, 0.05) is 17.6 Å². The first-order valence-corrected chi connectivity index (χ1v) is 8.55. The van der Waals surface area contributed by atoms with Crippen LogP contribution in [0.25, 0.3) is 11.0 Å². The first-order valence-electron chi connectivity index (χ1n) is 8.17. The van der Waals surface area contributed by atoms with Crippen LogP contribution in [0.15, 0.2) is 36.4 Å². The molecule has 1 aliphatic rings. The summed E-state index contributed by atoms with van der Waals surface area (Å²) in [5.41, 5.74) is 2.37. The van der Waals surface area contributed by atoms with Crippen molar-refractivity contribution < 1.29 is 4.92 Å². The minimum absolute atomic E-state index is 0.0601. The molecule has 7 nitrogen and oxygen atoms in total. The summed E-state index contributed by atoms with van der Waals surface area (Å²) in [5.74, 6) is 0.762. The molecular weight excluding hydrogens is 354 g/mol. The zero-order valence-corrected chi connectivity index (χ0v) is 14.4. The molecule has 0 unspecified atom stereocenters. The van der Waals surface area contributed by atoms with Crippen LogP contribution in [0.4, 0.5) is 11.4 Å². The summed E-state index contributed by atoms with van der Waals surface area (Å²) >= 11 is 6.04. The lowest BCUT2D eigenvalue weighted by atomic mass is 10.1. The van der Waals surface area contributed by atoms with Crippen molar-refractivity contribution in [2.45, 2.75) is 18.9 Å². The van der Waals surface area contributed by atoms with E-state index in [0.29, 0.717) is 17.3 Å². The SMILES string of the molecule is N#Cc1ccc(N2CCC[C@H]2c2nc3ccc(Cl)cc3[nH]2)c([N+](=O)[O-])c1. The number of H-pyrrole nitrogens is 1. The number of nitro groups is 1. The van der Waals surface area contributed by atoms with Crippen molar-refractivity contribution in [1.29, 1.82) is 5.26 Å². The van der Waals surface area contributed by atoms with E-state index < -0.39 is 4.92 Å². The standard InChI is InChI=1S/C18H14ClN5O2/c19-12-4-5-13-14(9-12)22-18(21-13)16-2-1-7-23(16)15-6-3-11(10-20)8-17(15)24(25)26/h3-6,8-9,16H,1-2,7H2,(H,21,22)/t16-/m0/s1. The van der Waals surface area contributed by atoms with E-state index in [9.17, 15) is 10.1 Å². The van der Waals surface area contributed by atoms with Crippen molar-refractivity contribution in [1.82, 2.24) is 9.97 Å². The number of imidazole rings is 1. The molecule has 1 aliphatic heterocycles. The molecule has 130 valence electrons. The number of benzene rings is 2. The molecule has 1 N–H and O–H groups in total. The van der Waals surface area contributed by atoms with E-state index in [-0.39, 0.29) is 17.3 Å². The highest BCUT2D eigenvalue weighted by Crippen LogP contribution is 2.40. The number of nitro benzene ring substituents is 1. The number of nitriles is 1. The molecule has 0 bridgehead atoms. The Balaban J connectivity index is 1.77. The molecule has 4 rings (SSSR count). The van der Waals surface area contributed by atoms with Crippen LogP contribution in [0.1, 0.15) is 30.3 Å². The second kappa shape index (κ2) is 6.32. The first-order chi connectivity index (χ1) is 12.6. The summed E-state index contributed by atoms with van der Waals surface area (Å²) in [6, 6.07) is 11.9. The predicted molar refractivity (Wildman–Crippen MR) is 98.2 cm³/mol. The summed E-state index contributed by atoms with van der Waals surface area (Å²) in [6.45, 7) is 0.690. The van der Waals surface area contributed by atoms with E-state index in [1.165, 1.54) is 6.07 Å². The number of nitrogens with one attached hydrogen (secondary N) is 1. The summed E-state index contributed by atoms with van der Waals surface area (Å²) < 4.78 is 0. The maximum absolute atomic E-state index is 11.5. The fraction of sp³-hybridized carbons (Fsp3) is 0.222. The molecule has 1 aromatic heterocycles. The largest absolute Gasteiger partial charge is 0.356 e. The Morgan fingerprint density at radius 1 is 1.35 bits per heavy atom. The Morgan fingerprint density at radius 3 is 2.96 bits per heavy atom. The summed E-state index contributed by atoms with van der Waals surface area (Å²) in [6.07, 6.45) is 1.74. The van der Waals surface area contributed by atoms with Gasteiger partial charge < -0.3 is 9.88 Å². The third-order valence-corrected chi connectivity index (χ3v) is 4.88. The van der Waals surface area contributed by atoms with Gasteiger partial charge in [-0.1, -0.05) is 11.6 Å². The van der Waals surface area contributed by atoms with Crippen LogP contribution in [0.2, 0.25) is 5.02 Å². The molecular formula is C18H14ClN5O2. The Kier molecular flexibility index (Phi) is 3.98. The third-order valence-electron chi connectivity index (χ3n) is 4.64. The van der Waals surface area contributed by atoms with E-state index >= 15 is 0 Å². The van der Waals surface area contributed by atoms with Gasteiger partial charge in [-0.2, -0.15) is 5.26 Å². The van der Waals surface area contributed by atoms with Gasteiger partial charge >= 0.3 is 0 Å². The lowest BCUT2D eigenvalue weighted by molar-refractivity contribution is -0.384. The van der Waals surface area contributed by atoms with Gasteiger partial charge in [0.05, 0.1) is 33.6 Å². The number of anilines is 1. The van der Waals surface area contributed by atoms with E-state index in [1.54, 1.807) is 18.2 Å². The quantitative estimate of drug-likeness (QED) is 0.548.